The average Bonchev–Trinajstić information content (AvgIpc) is 3.44. The van der Waals surface area contributed by atoms with Gasteiger partial charge in [0.1, 0.15) is 16.5 Å². The average molecular weight is 469 g/mol. The Morgan fingerprint density at radius 3 is 2.50 bits per heavy atom. The van der Waals surface area contributed by atoms with E-state index in [1.807, 2.05) is 23.6 Å². The number of piperazine rings is 1. The molecule has 32 heavy (non-hydrogen) atoms. The van der Waals surface area contributed by atoms with Gasteiger partial charge in [-0.1, -0.05) is 13.0 Å². The van der Waals surface area contributed by atoms with Gasteiger partial charge in [-0.15, -0.1) is 22.7 Å². The number of amides is 1. The van der Waals surface area contributed by atoms with Gasteiger partial charge < -0.3 is 9.80 Å². The van der Waals surface area contributed by atoms with Crippen molar-refractivity contribution in [3.63, 3.8) is 0 Å². The molecule has 1 aliphatic heterocycles. The monoisotopic (exact) mass is 468 g/mol. The summed E-state index contributed by atoms with van der Waals surface area (Å²) in [5.74, 6) is -0.818. The molecule has 0 bridgehead atoms. The smallest absolute Gasteiger partial charge is 0.273 e. The van der Waals surface area contributed by atoms with E-state index in [1.165, 1.54) is 40.2 Å². The molecule has 164 valence electrons. The first-order valence-electron chi connectivity index (χ1n) is 10.2. The van der Waals surface area contributed by atoms with Crippen LogP contribution in [0, 0.1) is 17.1 Å². The third kappa shape index (κ3) is 4.43. The number of rotatable bonds is 4. The van der Waals surface area contributed by atoms with Crippen molar-refractivity contribution in [1.82, 2.24) is 14.4 Å². The Morgan fingerprint density at radius 1 is 1.19 bits per heavy atom. The van der Waals surface area contributed by atoms with Crippen LogP contribution in [0.25, 0.3) is 17.3 Å². The minimum atomic E-state index is -0.432. The molecular weight excluding hydrogens is 447 g/mol. The van der Waals surface area contributed by atoms with E-state index in [1.54, 1.807) is 11.0 Å². The van der Waals surface area contributed by atoms with Crippen LogP contribution in [0.3, 0.4) is 0 Å². The Morgan fingerprint density at radius 2 is 1.91 bits per heavy atom. The number of nitriles is 1. The molecule has 1 saturated heterocycles. The van der Waals surface area contributed by atoms with Crippen molar-refractivity contribution in [2.24, 2.45) is 0 Å². The fourth-order valence-corrected chi connectivity index (χ4v) is 5.41. The summed E-state index contributed by atoms with van der Waals surface area (Å²) < 4.78 is 15.5. The zero-order chi connectivity index (χ0) is 22.7. The van der Waals surface area contributed by atoms with Crippen molar-refractivity contribution in [1.29, 1.82) is 5.26 Å². The summed E-state index contributed by atoms with van der Waals surface area (Å²) in [5, 5.41) is 11.8. The molecule has 0 unspecified atom stereocenters. The summed E-state index contributed by atoms with van der Waals surface area (Å²) in [7, 11) is 0. The van der Waals surface area contributed by atoms with Crippen molar-refractivity contribution in [3.05, 3.63) is 72.0 Å². The third-order valence-corrected chi connectivity index (χ3v) is 7.28. The summed E-state index contributed by atoms with van der Waals surface area (Å²) >= 11 is 2.59. The van der Waals surface area contributed by atoms with Crippen LogP contribution in [-0.2, 0) is 4.79 Å². The van der Waals surface area contributed by atoms with Crippen LogP contribution in [0.15, 0.2) is 46.6 Å². The molecule has 0 N–H and O–H groups in total. The van der Waals surface area contributed by atoms with Crippen LogP contribution < -0.4 is 14.8 Å². The minimum Gasteiger partial charge on any atom is -0.335 e. The fourth-order valence-electron chi connectivity index (χ4n) is 3.59. The Labute approximate surface area is 192 Å². The zero-order valence-corrected chi connectivity index (χ0v) is 19.1. The van der Waals surface area contributed by atoms with Crippen LogP contribution in [-0.4, -0.2) is 53.0 Å². The fraction of sp³-hybridized carbons (Fsp3) is 0.261. The highest BCUT2D eigenvalue weighted by Gasteiger charge is 2.25. The molecule has 0 saturated carbocycles. The van der Waals surface area contributed by atoms with Gasteiger partial charge in [0, 0.05) is 31.1 Å². The third-order valence-electron chi connectivity index (χ3n) is 5.37. The maximum atomic E-state index is 13.5. The molecule has 2 aromatic heterocycles. The number of carbonyl (C=O) groups excluding carboxylic acids is 1. The van der Waals surface area contributed by atoms with Gasteiger partial charge in [0.2, 0.25) is 0 Å². The van der Waals surface area contributed by atoms with Crippen molar-refractivity contribution in [3.8, 4) is 11.8 Å². The normalized spacial score (nSPS) is 16.2. The SMILES string of the molecule is CCN1CCN(C(=O)/C(C#N)=c2\s/c(=C/c3cccs3)c(=O)n2-c2ccc(F)cc2)CC1. The number of nitrogens with zero attached hydrogens (tertiary/aromatic N) is 4. The Hall–Kier alpha value is -3.06. The number of benzene rings is 1. The summed E-state index contributed by atoms with van der Waals surface area (Å²) in [6, 6.07) is 11.3. The van der Waals surface area contributed by atoms with E-state index in [9.17, 15) is 19.2 Å². The standard InChI is InChI=1S/C23H21FN4O2S2/c1-2-26-9-11-27(12-10-26)21(29)19(15-25)23-28(17-7-5-16(24)6-8-17)22(30)20(32-23)14-18-4-3-13-31-18/h3-8,13-14H,2,9-12H2,1H3/b20-14+,23-19-. The van der Waals surface area contributed by atoms with Gasteiger partial charge in [-0.05, 0) is 48.3 Å². The number of likely N-dealkylation sites (N-methyl/N-ethyl adjacent to an activating group) is 1. The summed E-state index contributed by atoms with van der Waals surface area (Å²) in [6.07, 6.45) is 1.75. The number of thiophene rings is 1. The van der Waals surface area contributed by atoms with Gasteiger partial charge in [0.25, 0.3) is 11.5 Å². The first-order chi connectivity index (χ1) is 15.5. The van der Waals surface area contributed by atoms with Gasteiger partial charge in [0.05, 0.1) is 10.2 Å². The van der Waals surface area contributed by atoms with E-state index in [0.29, 0.717) is 23.3 Å². The second kappa shape index (κ2) is 9.61. The lowest BCUT2D eigenvalue weighted by Gasteiger charge is -2.33. The highest BCUT2D eigenvalue weighted by Crippen LogP contribution is 2.11. The second-order valence-corrected chi connectivity index (χ2v) is 9.27. The molecule has 0 aliphatic carbocycles. The molecule has 3 heterocycles. The first kappa shape index (κ1) is 22.1. The van der Waals surface area contributed by atoms with E-state index in [-0.39, 0.29) is 21.7 Å². The summed E-state index contributed by atoms with van der Waals surface area (Å²) in [4.78, 5) is 31.4. The van der Waals surface area contributed by atoms with E-state index in [4.69, 9.17) is 0 Å². The first-order valence-corrected chi connectivity index (χ1v) is 11.9. The largest absolute Gasteiger partial charge is 0.335 e. The molecule has 0 atom stereocenters. The molecule has 0 spiro atoms. The van der Waals surface area contributed by atoms with Crippen molar-refractivity contribution in [2.45, 2.75) is 6.92 Å². The topological polar surface area (TPSA) is 69.3 Å². The van der Waals surface area contributed by atoms with E-state index in [0.717, 1.165) is 35.8 Å². The van der Waals surface area contributed by atoms with Gasteiger partial charge in [-0.25, -0.2) is 4.39 Å². The van der Waals surface area contributed by atoms with Crippen molar-refractivity contribution in [2.75, 3.05) is 32.7 Å². The highest BCUT2D eigenvalue weighted by atomic mass is 32.1. The van der Waals surface area contributed by atoms with Gasteiger partial charge in [0.15, 0.2) is 5.57 Å². The molecule has 1 aliphatic rings. The lowest BCUT2D eigenvalue weighted by Crippen LogP contribution is -2.49. The number of hydrogen-bond donors (Lipinski definition) is 0. The van der Waals surface area contributed by atoms with Crippen LogP contribution in [0.2, 0.25) is 0 Å². The lowest BCUT2D eigenvalue weighted by atomic mass is 10.2. The second-order valence-electron chi connectivity index (χ2n) is 7.26. The summed E-state index contributed by atoms with van der Waals surface area (Å²) in [5.41, 5.74) is -0.0154. The van der Waals surface area contributed by atoms with Crippen LogP contribution in [0.4, 0.5) is 4.39 Å². The quantitative estimate of drug-likeness (QED) is 0.585. The number of carbonyl (C=O) groups is 1. The number of halogens is 1. The van der Waals surface area contributed by atoms with Gasteiger partial charge in [-0.3, -0.25) is 14.2 Å². The summed E-state index contributed by atoms with van der Waals surface area (Å²) in [6.45, 7) is 5.52. The zero-order valence-electron chi connectivity index (χ0n) is 17.5. The van der Waals surface area contributed by atoms with E-state index >= 15 is 0 Å². The van der Waals surface area contributed by atoms with Crippen molar-refractivity contribution >= 4 is 40.2 Å². The Bertz CT molecular complexity index is 1330. The molecular formula is C23H21FN4O2S2. The van der Waals surface area contributed by atoms with Gasteiger partial charge >= 0.3 is 0 Å². The maximum absolute atomic E-state index is 13.5. The number of hydrogen-bond acceptors (Lipinski definition) is 6. The molecule has 1 aromatic carbocycles. The molecule has 9 heteroatoms. The van der Waals surface area contributed by atoms with Crippen LogP contribution in [0.1, 0.15) is 11.8 Å². The molecule has 3 aromatic rings. The highest BCUT2D eigenvalue weighted by molar-refractivity contribution is 7.11. The maximum Gasteiger partial charge on any atom is 0.273 e. The molecule has 0 radical (unpaired) electrons. The predicted molar refractivity (Wildman–Crippen MR) is 125 cm³/mol. The number of aromatic nitrogens is 1. The Kier molecular flexibility index (Phi) is 6.65. The lowest BCUT2D eigenvalue weighted by molar-refractivity contribution is -0.126. The van der Waals surface area contributed by atoms with E-state index < -0.39 is 5.82 Å². The van der Waals surface area contributed by atoms with E-state index in [2.05, 4.69) is 11.8 Å². The molecule has 6 nitrogen and oxygen atoms in total. The molecule has 4 rings (SSSR count). The van der Waals surface area contributed by atoms with Crippen LogP contribution in [0.5, 0.6) is 0 Å². The van der Waals surface area contributed by atoms with Crippen molar-refractivity contribution < 1.29 is 9.18 Å². The predicted octanol–water partition coefficient (Wildman–Crippen LogP) is 1.77. The van der Waals surface area contributed by atoms with Gasteiger partial charge in [-0.2, -0.15) is 5.26 Å². The molecule has 1 fully saturated rings. The number of thiazole rings is 1. The minimum absolute atomic E-state index is 0.0767. The Balaban J connectivity index is 1.90. The molecule has 1 amide bonds. The van der Waals surface area contributed by atoms with Crippen LogP contribution >= 0.6 is 22.7 Å².